The molecule has 0 fully saturated rings. The molecule has 28 heavy (non-hydrogen) atoms. The fourth-order valence-electron chi connectivity index (χ4n) is 2.20. The maximum Gasteiger partial charge on any atom is 0.254 e. The SMILES string of the molecule is O=C(CCNS(=O)(=O)c1ccc(Br)cc1)NCCNC(=O)c1ccccc1F. The molecule has 2 aromatic rings. The van der Waals surface area contributed by atoms with Crippen molar-refractivity contribution in [2.45, 2.75) is 11.3 Å². The highest BCUT2D eigenvalue weighted by Gasteiger charge is 2.14. The van der Waals surface area contributed by atoms with E-state index in [2.05, 4.69) is 31.3 Å². The number of nitrogens with one attached hydrogen (secondary N) is 3. The van der Waals surface area contributed by atoms with Gasteiger partial charge in [0.1, 0.15) is 5.82 Å². The van der Waals surface area contributed by atoms with Crippen LogP contribution in [0.2, 0.25) is 0 Å². The van der Waals surface area contributed by atoms with E-state index in [0.717, 1.165) is 4.47 Å². The molecule has 150 valence electrons. The third kappa shape index (κ3) is 6.70. The average Bonchev–Trinajstić information content (AvgIpc) is 2.65. The van der Waals surface area contributed by atoms with Crippen molar-refractivity contribution in [3.8, 4) is 0 Å². The number of sulfonamides is 1. The molecular formula is C18H19BrFN3O4S. The van der Waals surface area contributed by atoms with Crippen molar-refractivity contribution in [1.82, 2.24) is 15.4 Å². The van der Waals surface area contributed by atoms with Gasteiger partial charge in [0.2, 0.25) is 15.9 Å². The third-order valence-electron chi connectivity index (χ3n) is 3.62. The molecule has 0 aliphatic rings. The van der Waals surface area contributed by atoms with Crippen molar-refractivity contribution in [2.24, 2.45) is 0 Å². The van der Waals surface area contributed by atoms with E-state index in [-0.39, 0.29) is 42.4 Å². The Labute approximate surface area is 170 Å². The minimum atomic E-state index is -3.69. The zero-order valence-corrected chi connectivity index (χ0v) is 17.1. The topological polar surface area (TPSA) is 104 Å². The maximum atomic E-state index is 13.5. The molecule has 0 unspecified atom stereocenters. The van der Waals surface area contributed by atoms with Gasteiger partial charge in [0.15, 0.2) is 0 Å². The summed E-state index contributed by atoms with van der Waals surface area (Å²) < 4.78 is 40.7. The van der Waals surface area contributed by atoms with E-state index >= 15 is 0 Å². The Morgan fingerprint density at radius 3 is 2.25 bits per heavy atom. The zero-order valence-electron chi connectivity index (χ0n) is 14.7. The molecule has 0 bridgehead atoms. The number of amides is 2. The number of halogens is 2. The molecule has 0 spiro atoms. The first-order valence-electron chi connectivity index (χ1n) is 8.34. The van der Waals surface area contributed by atoms with Gasteiger partial charge in [-0.3, -0.25) is 9.59 Å². The van der Waals surface area contributed by atoms with E-state index in [1.807, 2.05) is 0 Å². The van der Waals surface area contributed by atoms with E-state index in [4.69, 9.17) is 0 Å². The van der Waals surface area contributed by atoms with Crippen molar-refractivity contribution in [1.29, 1.82) is 0 Å². The van der Waals surface area contributed by atoms with Gasteiger partial charge >= 0.3 is 0 Å². The van der Waals surface area contributed by atoms with Gasteiger partial charge in [0, 0.05) is 30.5 Å². The quantitative estimate of drug-likeness (QED) is 0.485. The lowest BCUT2D eigenvalue weighted by Crippen LogP contribution is -2.36. The van der Waals surface area contributed by atoms with Gasteiger partial charge in [-0.1, -0.05) is 28.1 Å². The number of carbonyl (C=O) groups excluding carboxylic acids is 2. The van der Waals surface area contributed by atoms with Gasteiger partial charge in [-0.15, -0.1) is 0 Å². The molecule has 7 nitrogen and oxygen atoms in total. The molecule has 0 aliphatic carbocycles. The summed E-state index contributed by atoms with van der Waals surface area (Å²) in [6, 6.07) is 11.7. The monoisotopic (exact) mass is 471 g/mol. The molecule has 2 aromatic carbocycles. The van der Waals surface area contributed by atoms with Crippen molar-refractivity contribution >= 4 is 37.8 Å². The predicted molar refractivity (Wildman–Crippen MR) is 106 cm³/mol. The number of hydrogen-bond donors (Lipinski definition) is 3. The standard InChI is InChI=1S/C18H19BrFN3O4S/c19-13-5-7-14(8-6-13)28(26,27)23-10-9-17(24)21-11-12-22-18(25)15-3-1-2-4-16(15)20/h1-8,23H,9-12H2,(H,21,24)(H,22,25). The predicted octanol–water partition coefficient (Wildman–Crippen LogP) is 1.80. The number of rotatable bonds is 9. The Morgan fingerprint density at radius 1 is 0.929 bits per heavy atom. The summed E-state index contributed by atoms with van der Waals surface area (Å²) in [6.45, 7) is 0.188. The van der Waals surface area contributed by atoms with Crippen LogP contribution in [0, 0.1) is 5.82 Å². The Kier molecular flexibility index (Phi) is 8.09. The summed E-state index contributed by atoms with van der Waals surface area (Å²) in [5.74, 6) is -1.57. The van der Waals surface area contributed by atoms with Crippen LogP contribution in [0.15, 0.2) is 57.9 Å². The van der Waals surface area contributed by atoms with Crippen LogP contribution in [0.25, 0.3) is 0 Å². The summed E-state index contributed by atoms with van der Waals surface area (Å²) in [4.78, 5) is 23.7. The van der Waals surface area contributed by atoms with Crippen LogP contribution < -0.4 is 15.4 Å². The number of carbonyl (C=O) groups is 2. The Balaban J connectivity index is 1.67. The molecule has 0 radical (unpaired) electrons. The highest BCUT2D eigenvalue weighted by molar-refractivity contribution is 9.10. The normalized spacial score (nSPS) is 11.1. The Morgan fingerprint density at radius 2 is 1.57 bits per heavy atom. The van der Waals surface area contributed by atoms with Crippen molar-refractivity contribution in [3.05, 3.63) is 64.4 Å². The van der Waals surface area contributed by atoms with Crippen LogP contribution in [-0.2, 0) is 14.8 Å². The van der Waals surface area contributed by atoms with E-state index in [9.17, 15) is 22.4 Å². The largest absolute Gasteiger partial charge is 0.354 e. The van der Waals surface area contributed by atoms with Crippen molar-refractivity contribution in [3.63, 3.8) is 0 Å². The first-order valence-corrected chi connectivity index (χ1v) is 10.6. The fourth-order valence-corrected chi connectivity index (χ4v) is 3.50. The molecule has 0 saturated heterocycles. The fraction of sp³-hybridized carbons (Fsp3) is 0.222. The van der Waals surface area contributed by atoms with Crippen LogP contribution in [-0.4, -0.2) is 39.9 Å². The van der Waals surface area contributed by atoms with E-state index in [1.165, 1.54) is 30.3 Å². The van der Waals surface area contributed by atoms with Crippen LogP contribution in [0.1, 0.15) is 16.8 Å². The molecular weight excluding hydrogens is 453 g/mol. The summed E-state index contributed by atoms with van der Waals surface area (Å²) in [6.07, 6.45) is -0.0585. The zero-order chi connectivity index (χ0) is 20.6. The Bertz CT molecular complexity index is 936. The summed E-state index contributed by atoms with van der Waals surface area (Å²) in [5.41, 5.74) is -0.0730. The molecule has 0 saturated carbocycles. The lowest BCUT2D eigenvalue weighted by molar-refractivity contribution is -0.120. The third-order valence-corrected chi connectivity index (χ3v) is 5.62. The summed E-state index contributed by atoms with van der Waals surface area (Å²) in [5, 5.41) is 5.04. The van der Waals surface area contributed by atoms with Crippen molar-refractivity contribution in [2.75, 3.05) is 19.6 Å². The van der Waals surface area contributed by atoms with Gasteiger partial charge < -0.3 is 10.6 Å². The molecule has 3 N–H and O–H groups in total. The first kappa shape index (κ1) is 22.0. The molecule has 0 aromatic heterocycles. The van der Waals surface area contributed by atoms with Gasteiger partial charge in [0.05, 0.1) is 10.5 Å². The molecule has 0 heterocycles. The van der Waals surface area contributed by atoms with Crippen LogP contribution in [0.3, 0.4) is 0 Å². The van der Waals surface area contributed by atoms with Crippen LogP contribution in [0.4, 0.5) is 4.39 Å². The second-order valence-electron chi connectivity index (χ2n) is 5.69. The highest BCUT2D eigenvalue weighted by atomic mass is 79.9. The second-order valence-corrected chi connectivity index (χ2v) is 8.37. The lowest BCUT2D eigenvalue weighted by atomic mass is 10.2. The number of benzene rings is 2. The molecule has 0 atom stereocenters. The first-order chi connectivity index (χ1) is 13.3. The minimum absolute atomic E-state index is 0.0585. The smallest absolute Gasteiger partial charge is 0.254 e. The van der Waals surface area contributed by atoms with E-state index in [0.29, 0.717) is 0 Å². The van der Waals surface area contributed by atoms with Crippen LogP contribution in [0.5, 0.6) is 0 Å². The van der Waals surface area contributed by atoms with Crippen LogP contribution >= 0.6 is 15.9 Å². The maximum absolute atomic E-state index is 13.5. The lowest BCUT2D eigenvalue weighted by Gasteiger charge is -2.09. The minimum Gasteiger partial charge on any atom is -0.354 e. The van der Waals surface area contributed by atoms with Gasteiger partial charge in [-0.05, 0) is 36.4 Å². The second kappa shape index (κ2) is 10.3. The van der Waals surface area contributed by atoms with Crippen molar-refractivity contribution < 1.29 is 22.4 Å². The summed E-state index contributed by atoms with van der Waals surface area (Å²) >= 11 is 3.23. The number of hydrogen-bond acceptors (Lipinski definition) is 4. The summed E-state index contributed by atoms with van der Waals surface area (Å²) in [7, 11) is -3.69. The highest BCUT2D eigenvalue weighted by Crippen LogP contribution is 2.14. The average molecular weight is 472 g/mol. The Hall–Kier alpha value is -2.30. The van der Waals surface area contributed by atoms with E-state index < -0.39 is 21.7 Å². The molecule has 2 rings (SSSR count). The van der Waals surface area contributed by atoms with E-state index in [1.54, 1.807) is 18.2 Å². The molecule has 0 aliphatic heterocycles. The van der Waals surface area contributed by atoms with Gasteiger partial charge in [-0.25, -0.2) is 17.5 Å². The van der Waals surface area contributed by atoms with Gasteiger partial charge in [-0.2, -0.15) is 0 Å². The van der Waals surface area contributed by atoms with Gasteiger partial charge in [0.25, 0.3) is 5.91 Å². The molecule has 2 amide bonds. The molecule has 10 heteroatoms.